The van der Waals surface area contributed by atoms with Gasteiger partial charge in [0.15, 0.2) is 0 Å². The summed E-state index contributed by atoms with van der Waals surface area (Å²) in [6.07, 6.45) is 4.20. The van der Waals surface area contributed by atoms with Gasteiger partial charge >= 0.3 is 0 Å². The van der Waals surface area contributed by atoms with Gasteiger partial charge in [-0.25, -0.2) is 4.68 Å². The molecule has 2 aromatic carbocycles. The highest BCUT2D eigenvalue weighted by molar-refractivity contribution is 5.88. The molecule has 1 aromatic heterocycles. The molecule has 0 radical (unpaired) electrons. The average Bonchev–Trinajstić information content (AvgIpc) is 3.05. The zero-order valence-electron chi connectivity index (χ0n) is 13.5. The molecule has 0 saturated heterocycles. The fraction of sp³-hybridized carbons (Fsp3) is 0.158. The number of rotatable bonds is 6. The second kappa shape index (κ2) is 7.46. The normalized spacial score (nSPS) is 11.0. The van der Waals surface area contributed by atoms with Gasteiger partial charge in [-0.05, 0) is 42.8 Å². The number of aromatic nitrogens is 2. The van der Waals surface area contributed by atoms with Gasteiger partial charge in [-0.1, -0.05) is 30.3 Å². The van der Waals surface area contributed by atoms with Gasteiger partial charge in [-0.2, -0.15) is 5.10 Å². The van der Waals surface area contributed by atoms with Crippen LogP contribution in [0, 0.1) is 0 Å². The predicted octanol–water partition coefficient (Wildman–Crippen LogP) is 4.14. The van der Waals surface area contributed by atoms with Crippen molar-refractivity contribution in [2.45, 2.75) is 13.3 Å². The summed E-state index contributed by atoms with van der Waals surface area (Å²) in [6, 6.07) is 17.6. The first-order chi connectivity index (χ1) is 11.8. The Morgan fingerprint density at radius 3 is 2.54 bits per heavy atom. The number of hydrogen-bond donors (Lipinski definition) is 1. The van der Waals surface area contributed by atoms with Crippen molar-refractivity contribution in [3.8, 4) is 22.7 Å². The topological polar surface area (TPSA) is 59.6 Å². The lowest BCUT2D eigenvalue weighted by molar-refractivity contribution is 0.317. The van der Waals surface area contributed by atoms with E-state index in [9.17, 15) is 0 Å². The van der Waals surface area contributed by atoms with Crippen LogP contribution >= 0.6 is 0 Å². The van der Waals surface area contributed by atoms with E-state index >= 15 is 0 Å². The molecule has 24 heavy (non-hydrogen) atoms. The summed E-state index contributed by atoms with van der Waals surface area (Å²) in [6.45, 7) is 2.77. The van der Waals surface area contributed by atoms with Crippen LogP contribution in [-0.4, -0.2) is 27.8 Å². The van der Waals surface area contributed by atoms with E-state index in [0.717, 1.165) is 34.7 Å². The van der Waals surface area contributed by atoms with Crippen LogP contribution in [0.3, 0.4) is 0 Å². The van der Waals surface area contributed by atoms with Crippen LogP contribution in [0.15, 0.2) is 65.9 Å². The number of nitrogens with zero attached hydrogens (tertiary/aromatic N) is 3. The third kappa shape index (κ3) is 3.46. The molecule has 1 heterocycles. The second-order valence-electron chi connectivity index (χ2n) is 5.33. The number of benzene rings is 2. The lowest BCUT2D eigenvalue weighted by Gasteiger charge is -2.05. The molecule has 0 spiro atoms. The Balaban J connectivity index is 1.96. The van der Waals surface area contributed by atoms with Crippen LogP contribution in [0.1, 0.15) is 18.9 Å². The van der Waals surface area contributed by atoms with E-state index in [4.69, 9.17) is 9.94 Å². The second-order valence-corrected chi connectivity index (χ2v) is 5.33. The molecule has 0 atom stereocenters. The van der Waals surface area contributed by atoms with E-state index in [1.54, 1.807) is 4.68 Å². The van der Waals surface area contributed by atoms with Gasteiger partial charge < -0.3 is 9.94 Å². The van der Waals surface area contributed by atoms with Crippen LogP contribution < -0.4 is 4.74 Å². The quantitative estimate of drug-likeness (QED) is 0.422. The first kappa shape index (κ1) is 15.8. The predicted molar refractivity (Wildman–Crippen MR) is 94.2 cm³/mol. The summed E-state index contributed by atoms with van der Waals surface area (Å²) in [7, 11) is 0. The molecule has 0 saturated carbocycles. The molecule has 0 aliphatic rings. The highest BCUT2D eigenvalue weighted by Gasteiger charge is 2.11. The summed E-state index contributed by atoms with van der Waals surface area (Å²) in [5.74, 6) is 0.834. The molecule has 5 nitrogen and oxygen atoms in total. The molecule has 0 aliphatic carbocycles. The van der Waals surface area contributed by atoms with Crippen molar-refractivity contribution in [3.63, 3.8) is 0 Å². The zero-order valence-corrected chi connectivity index (χ0v) is 13.5. The van der Waals surface area contributed by atoms with Crippen molar-refractivity contribution in [2.24, 2.45) is 5.16 Å². The van der Waals surface area contributed by atoms with E-state index in [1.807, 2.05) is 60.8 Å². The maximum atomic E-state index is 8.92. The summed E-state index contributed by atoms with van der Waals surface area (Å²) in [5.41, 5.74) is 3.37. The molecule has 0 unspecified atom stereocenters. The van der Waals surface area contributed by atoms with Crippen molar-refractivity contribution in [1.29, 1.82) is 0 Å². The first-order valence-corrected chi connectivity index (χ1v) is 7.87. The molecule has 122 valence electrons. The van der Waals surface area contributed by atoms with Gasteiger partial charge in [0, 0.05) is 17.3 Å². The van der Waals surface area contributed by atoms with E-state index in [2.05, 4.69) is 17.2 Å². The van der Waals surface area contributed by atoms with E-state index in [0.29, 0.717) is 6.61 Å². The van der Waals surface area contributed by atoms with Crippen molar-refractivity contribution in [2.75, 3.05) is 6.61 Å². The highest BCUT2D eigenvalue weighted by Crippen LogP contribution is 2.25. The Kier molecular flexibility index (Phi) is 4.91. The van der Waals surface area contributed by atoms with Gasteiger partial charge in [0.2, 0.25) is 0 Å². The largest absolute Gasteiger partial charge is 0.494 e. The molecule has 3 rings (SSSR count). The number of hydrogen-bond acceptors (Lipinski definition) is 4. The highest BCUT2D eigenvalue weighted by atomic mass is 16.5. The summed E-state index contributed by atoms with van der Waals surface area (Å²) < 4.78 is 7.38. The molecule has 0 bridgehead atoms. The lowest BCUT2D eigenvalue weighted by atomic mass is 10.1. The molecule has 0 fully saturated rings. The monoisotopic (exact) mass is 321 g/mol. The summed E-state index contributed by atoms with van der Waals surface area (Å²) >= 11 is 0. The van der Waals surface area contributed by atoms with E-state index < -0.39 is 0 Å². The molecule has 3 aromatic rings. The van der Waals surface area contributed by atoms with Crippen molar-refractivity contribution < 1.29 is 9.94 Å². The average molecular weight is 321 g/mol. The molecule has 0 amide bonds. The SMILES string of the molecule is CCCOc1ccc(-c2nn(-c3ccccc3)cc2/C=N/O)cc1. The van der Waals surface area contributed by atoms with Crippen LogP contribution in [0.4, 0.5) is 0 Å². The van der Waals surface area contributed by atoms with Gasteiger partial charge in [-0.15, -0.1) is 0 Å². The summed E-state index contributed by atoms with van der Waals surface area (Å²) in [4.78, 5) is 0. The van der Waals surface area contributed by atoms with Crippen LogP contribution in [-0.2, 0) is 0 Å². The van der Waals surface area contributed by atoms with Crippen molar-refractivity contribution >= 4 is 6.21 Å². The third-order valence-corrected chi connectivity index (χ3v) is 3.56. The molecule has 1 N–H and O–H groups in total. The summed E-state index contributed by atoms with van der Waals surface area (Å²) in [5, 5.41) is 16.7. The van der Waals surface area contributed by atoms with Crippen LogP contribution in [0.25, 0.3) is 16.9 Å². The fourth-order valence-corrected chi connectivity index (χ4v) is 2.41. The maximum Gasteiger partial charge on any atom is 0.119 e. The number of ether oxygens (including phenoxy) is 1. The standard InChI is InChI=1S/C19H19N3O2/c1-2-12-24-18-10-8-15(9-11-18)19-16(13-20-23)14-22(21-19)17-6-4-3-5-7-17/h3-11,13-14,23H,2,12H2,1H3/b20-13+. The Labute approximate surface area is 140 Å². The minimum absolute atomic E-state index is 0.699. The Morgan fingerprint density at radius 1 is 1.12 bits per heavy atom. The lowest BCUT2D eigenvalue weighted by Crippen LogP contribution is -1.95. The van der Waals surface area contributed by atoms with Crippen molar-refractivity contribution in [3.05, 3.63) is 66.4 Å². The Morgan fingerprint density at radius 2 is 1.88 bits per heavy atom. The Bertz CT molecular complexity index is 808. The van der Waals surface area contributed by atoms with Crippen LogP contribution in [0.5, 0.6) is 5.75 Å². The van der Waals surface area contributed by atoms with E-state index in [-0.39, 0.29) is 0 Å². The smallest absolute Gasteiger partial charge is 0.119 e. The first-order valence-electron chi connectivity index (χ1n) is 7.87. The van der Waals surface area contributed by atoms with Gasteiger partial charge in [0.05, 0.1) is 18.5 Å². The van der Waals surface area contributed by atoms with Crippen LogP contribution in [0.2, 0.25) is 0 Å². The molecule has 0 aliphatic heterocycles. The Hall–Kier alpha value is -3.08. The van der Waals surface area contributed by atoms with Gasteiger partial charge in [0.25, 0.3) is 0 Å². The zero-order chi connectivity index (χ0) is 16.8. The fourth-order valence-electron chi connectivity index (χ4n) is 2.41. The van der Waals surface area contributed by atoms with E-state index in [1.165, 1.54) is 6.21 Å². The minimum Gasteiger partial charge on any atom is -0.494 e. The van der Waals surface area contributed by atoms with Gasteiger partial charge in [-0.3, -0.25) is 0 Å². The molecular weight excluding hydrogens is 302 g/mol. The van der Waals surface area contributed by atoms with Gasteiger partial charge in [0.1, 0.15) is 11.4 Å². The third-order valence-electron chi connectivity index (χ3n) is 3.56. The number of para-hydroxylation sites is 1. The van der Waals surface area contributed by atoms with Crippen molar-refractivity contribution in [1.82, 2.24) is 9.78 Å². The minimum atomic E-state index is 0.699. The molecule has 5 heteroatoms. The maximum absolute atomic E-state index is 8.92. The number of oxime groups is 1. The molecular formula is C19H19N3O2.